The summed E-state index contributed by atoms with van der Waals surface area (Å²) in [6.07, 6.45) is 1.54. The van der Waals surface area contributed by atoms with E-state index in [2.05, 4.69) is 16.2 Å². The summed E-state index contributed by atoms with van der Waals surface area (Å²) in [4.78, 5) is 12.4. The van der Waals surface area contributed by atoms with Crippen molar-refractivity contribution in [3.8, 4) is 5.75 Å². The number of aliphatic hydroxyl groups is 1. The third kappa shape index (κ3) is 4.22. The van der Waals surface area contributed by atoms with Gasteiger partial charge in [0.15, 0.2) is 0 Å². The Morgan fingerprint density at radius 3 is 2.83 bits per heavy atom. The highest BCUT2D eigenvalue weighted by molar-refractivity contribution is 5.82. The number of aliphatic hydroxyl groups excluding tert-OH is 1. The second-order valence-electron chi connectivity index (χ2n) is 6.05. The Morgan fingerprint density at radius 1 is 1.43 bits per heavy atom. The Balaban J connectivity index is 1.98. The third-order valence-electron chi connectivity index (χ3n) is 4.59. The molecular weight excluding hydrogens is 294 g/mol. The fourth-order valence-electron chi connectivity index (χ4n) is 2.82. The zero-order valence-corrected chi connectivity index (χ0v) is 14.0. The molecular formula is C17H27N3O3. The number of rotatable bonds is 7. The highest BCUT2D eigenvalue weighted by Crippen LogP contribution is 2.29. The van der Waals surface area contributed by atoms with Gasteiger partial charge in [-0.3, -0.25) is 4.79 Å². The van der Waals surface area contributed by atoms with Gasteiger partial charge in [0.2, 0.25) is 5.91 Å². The molecule has 1 fully saturated rings. The summed E-state index contributed by atoms with van der Waals surface area (Å²) in [7, 11) is 1.64. The molecule has 1 aliphatic rings. The van der Waals surface area contributed by atoms with Crippen molar-refractivity contribution in [2.75, 3.05) is 13.7 Å². The molecule has 6 heteroatoms. The van der Waals surface area contributed by atoms with Crippen molar-refractivity contribution >= 4 is 5.91 Å². The van der Waals surface area contributed by atoms with Gasteiger partial charge in [-0.2, -0.15) is 0 Å². The van der Waals surface area contributed by atoms with E-state index in [1.165, 1.54) is 0 Å². The van der Waals surface area contributed by atoms with E-state index in [0.717, 1.165) is 17.7 Å². The number of nitrogens with one attached hydrogen (secondary N) is 3. The Morgan fingerprint density at radius 2 is 2.17 bits per heavy atom. The Hall–Kier alpha value is -1.63. The zero-order chi connectivity index (χ0) is 16.8. The van der Waals surface area contributed by atoms with Crippen LogP contribution in [0.15, 0.2) is 24.3 Å². The molecule has 0 saturated carbocycles. The van der Waals surface area contributed by atoms with E-state index < -0.39 is 0 Å². The fraction of sp³-hybridized carbons (Fsp3) is 0.588. The Bertz CT molecular complexity index is 524. The SMILES string of the molecule is CC[C@H](C)[C@H](CO)NC(=O)C1CC(c2ccccc2OC)NN1. The van der Waals surface area contributed by atoms with Crippen molar-refractivity contribution in [2.45, 2.75) is 44.8 Å². The summed E-state index contributed by atoms with van der Waals surface area (Å²) in [5.41, 5.74) is 7.23. The standard InChI is InChI=1S/C17H27N3O3/c1-4-11(2)15(10-21)18-17(22)14-9-13(19-20-14)12-7-5-6-8-16(12)23-3/h5-8,11,13-15,19-21H,4,9-10H2,1-3H3,(H,18,22)/t11-,13?,14?,15-/m0/s1. The second kappa shape index (κ2) is 8.29. The summed E-state index contributed by atoms with van der Waals surface area (Å²) in [5.74, 6) is 0.957. The molecule has 0 radical (unpaired) electrons. The molecule has 0 spiro atoms. The lowest BCUT2D eigenvalue weighted by Crippen LogP contribution is -2.50. The van der Waals surface area contributed by atoms with Gasteiger partial charge in [0, 0.05) is 5.56 Å². The largest absolute Gasteiger partial charge is 0.496 e. The maximum atomic E-state index is 12.4. The molecule has 1 saturated heterocycles. The van der Waals surface area contributed by atoms with Crippen LogP contribution in [0.25, 0.3) is 0 Å². The normalized spacial score (nSPS) is 23.3. The van der Waals surface area contributed by atoms with Crippen LogP contribution in [0, 0.1) is 5.92 Å². The molecule has 1 amide bonds. The number of benzene rings is 1. The number of hydrazine groups is 1. The first-order valence-electron chi connectivity index (χ1n) is 8.15. The number of methoxy groups -OCH3 is 1. The minimum Gasteiger partial charge on any atom is -0.496 e. The molecule has 23 heavy (non-hydrogen) atoms. The number of ether oxygens (including phenoxy) is 1. The minimum atomic E-state index is -0.331. The summed E-state index contributed by atoms with van der Waals surface area (Å²) < 4.78 is 5.38. The molecule has 0 aliphatic carbocycles. The van der Waals surface area contributed by atoms with Crippen molar-refractivity contribution in [1.82, 2.24) is 16.2 Å². The van der Waals surface area contributed by atoms with Gasteiger partial charge in [-0.25, -0.2) is 10.9 Å². The van der Waals surface area contributed by atoms with Crippen molar-refractivity contribution in [3.05, 3.63) is 29.8 Å². The van der Waals surface area contributed by atoms with Crippen LogP contribution in [-0.4, -0.2) is 36.8 Å². The highest BCUT2D eigenvalue weighted by Gasteiger charge is 2.32. The summed E-state index contributed by atoms with van der Waals surface area (Å²) >= 11 is 0. The predicted molar refractivity (Wildman–Crippen MR) is 88.9 cm³/mol. The van der Waals surface area contributed by atoms with E-state index in [1.54, 1.807) is 7.11 Å². The minimum absolute atomic E-state index is 0.0121. The molecule has 4 atom stereocenters. The smallest absolute Gasteiger partial charge is 0.238 e. The van der Waals surface area contributed by atoms with Crippen LogP contribution in [-0.2, 0) is 4.79 Å². The molecule has 0 aromatic heterocycles. The summed E-state index contributed by atoms with van der Waals surface area (Å²) in [5, 5.41) is 12.4. The molecule has 1 aliphatic heterocycles. The van der Waals surface area contributed by atoms with Crippen LogP contribution >= 0.6 is 0 Å². The maximum absolute atomic E-state index is 12.4. The van der Waals surface area contributed by atoms with Gasteiger partial charge in [0.1, 0.15) is 11.8 Å². The maximum Gasteiger partial charge on any atom is 0.238 e. The second-order valence-corrected chi connectivity index (χ2v) is 6.05. The number of amides is 1. The monoisotopic (exact) mass is 321 g/mol. The number of para-hydroxylation sites is 1. The van der Waals surface area contributed by atoms with Crippen LogP contribution in [0.5, 0.6) is 5.75 Å². The molecule has 1 heterocycles. The van der Waals surface area contributed by atoms with Crippen molar-refractivity contribution in [3.63, 3.8) is 0 Å². The number of hydrogen-bond donors (Lipinski definition) is 4. The predicted octanol–water partition coefficient (Wildman–Crippen LogP) is 1.13. The average molecular weight is 321 g/mol. The lowest BCUT2D eigenvalue weighted by Gasteiger charge is -2.23. The molecule has 4 N–H and O–H groups in total. The molecule has 1 aromatic rings. The van der Waals surface area contributed by atoms with E-state index >= 15 is 0 Å². The van der Waals surface area contributed by atoms with Gasteiger partial charge < -0.3 is 15.2 Å². The van der Waals surface area contributed by atoms with Crippen LogP contribution < -0.4 is 20.9 Å². The van der Waals surface area contributed by atoms with E-state index in [1.807, 2.05) is 38.1 Å². The number of hydrogen-bond acceptors (Lipinski definition) is 5. The average Bonchev–Trinajstić information content (AvgIpc) is 3.08. The molecule has 0 bridgehead atoms. The van der Waals surface area contributed by atoms with Crippen LogP contribution in [0.4, 0.5) is 0 Å². The molecule has 128 valence electrons. The Labute approximate surface area is 137 Å². The lowest BCUT2D eigenvalue weighted by molar-refractivity contribution is -0.124. The van der Waals surface area contributed by atoms with Gasteiger partial charge >= 0.3 is 0 Å². The van der Waals surface area contributed by atoms with Crippen molar-refractivity contribution in [2.24, 2.45) is 5.92 Å². The molecule has 6 nitrogen and oxygen atoms in total. The van der Waals surface area contributed by atoms with Crippen molar-refractivity contribution < 1.29 is 14.6 Å². The van der Waals surface area contributed by atoms with Crippen LogP contribution in [0.1, 0.15) is 38.3 Å². The Kier molecular flexibility index (Phi) is 6.38. The van der Waals surface area contributed by atoms with Gasteiger partial charge in [-0.05, 0) is 18.4 Å². The van der Waals surface area contributed by atoms with Crippen molar-refractivity contribution in [1.29, 1.82) is 0 Å². The summed E-state index contributed by atoms with van der Waals surface area (Å²) in [6, 6.07) is 7.26. The van der Waals surface area contributed by atoms with Gasteiger partial charge in [0.05, 0.1) is 25.8 Å². The first-order chi connectivity index (χ1) is 11.1. The van der Waals surface area contributed by atoms with E-state index in [0.29, 0.717) is 6.42 Å². The highest BCUT2D eigenvalue weighted by atomic mass is 16.5. The molecule has 1 aromatic carbocycles. The zero-order valence-electron chi connectivity index (χ0n) is 14.0. The van der Waals surface area contributed by atoms with E-state index in [-0.39, 0.29) is 36.6 Å². The van der Waals surface area contributed by atoms with E-state index in [4.69, 9.17) is 4.74 Å². The van der Waals surface area contributed by atoms with Crippen LogP contribution in [0.3, 0.4) is 0 Å². The fourth-order valence-corrected chi connectivity index (χ4v) is 2.82. The first kappa shape index (κ1) is 17.7. The number of carbonyl (C=O) groups is 1. The van der Waals surface area contributed by atoms with Gasteiger partial charge in [0.25, 0.3) is 0 Å². The number of carbonyl (C=O) groups excluding carboxylic acids is 1. The lowest BCUT2D eigenvalue weighted by atomic mass is 9.98. The van der Waals surface area contributed by atoms with E-state index in [9.17, 15) is 9.90 Å². The first-order valence-corrected chi connectivity index (χ1v) is 8.15. The molecule has 2 rings (SSSR count). The van der Waals surface area contributed by atoms with Crippen LogP contribution in [0.2, 0.25) is 0 Å². The topological polar surface area (TPSA) is 82.6 Å². The molecule has 2 unspecified atom stereocenters. The quantitative estimate of drug-likeness (QED) is 0.605. The van der Waals surface area contributed by atoms with Gasteiger partial charge in [-0.1, -0.05) is 38.5 Å². The van der Waals surface area contributed by atoms with Gasteiger partial charge in [-0.15, -0.1) is 0 Å². The summed E-state index contributed by atoms with van der Waals surface area (Å²) in [6.45, 7) is 4.03. The third-order valence-corrected chi connectivity index (χ3v) is 4.59.